The van der Waals surface area contributed by atoms with Crippen LogP contribution in [0.3, 0.4) is 0 Å². The van der Waals surface area contributed by atoms with Gasteiger partial charge in [0.15, 0.2) is 5.65 Å². The molecule has 0 spiro atoms. The van der Waals surface area contributed by atoms with Gasteiger partial charge < -0.3 is 10.4 Å². The number of rotatable bonds is 7. The first-order valence-corrected chi connectivity index (χ1v) is 11.2. The molecule has 2 N–H and O–H groups in total. The Bertz CT molecular complexity index is 1040. The molecule has 6 nitrogen and oxygen atoms in total. The van der Waals surface area contributed by atoms with Gasteiger partial charge in [-0.15, -0.1) is 0 Å². The van der Waals surface area contributed by atoms with Crippen LogP contribution < -0.4 is 5.32 Å². The highest BCUT2D eigenvalue weighted by atomic mass is 16.3. The number of aliphatic hydroxyl groups is 1. The van der Waals surface area contributed by atoms with E-state index in [1.54, 1.807) is 0 Å². The van der Waals surface area contributed by atoms with Crippen molar-refractivity contribution in [3.8, 4) is 0 Å². The molecule has 164 valence electrons. The minimum absolute atomic E-state index is 0.186. The van der Waals surface area contributed by atoms with Crippen molar-refractivity contribution in [1.82, 2.24) is 24.8 Å². The average Bonchev–Trinajstić information content (AvgIpc) is 3.19. The molecule has 0 aliphatic carbocycles. The van der Waals surface area contributed by atoms with Gasteiger partial charge in [0, 0.05) is 55.6 Å². The van der Waals surface area contributed by atoms with Gasteiger partial charge in [0.05, 0.1) is 12.3 Å². The molecule has 1 fully saturated rings. The number of aryl methyl sites for hydroxylation is 1. The maximum atomic E-state index is 9.35. The van der Waals surface area contributed by atoms with Crippen LogP contribution in [0.5, 0.6) is 0 Å². The summed E-state index contributed by atoms with van der Waals surface area (Å²) >= 11 is 0. The normalized spacial score (nSPS) is 18.3. The van der Waals surface area contributed by atoms with Gasteiger partial charge >= 0.3 is 0 Å². The quantitative estimate of drug-likeness (QED) is 0.617. The average molecular weight is 420 g/mol. The zero-order chi connectivity index (χ0) is 21.8. The van der Waals surface area contributed by atoms with Gasteiger partial charge in [0.1, 0.15) is 0 Å². The van der Waals surface area contributed by atoms with E-state index in [1.807, 2.05) is 23.0 Å². The number of hydrogen-bond acceptors (Lipinski definition) is 5. The molecule has 1 unspecified atom stereocenters. The van der Waals surface area contributed by atoms with Crippen LogP contribution in [-0.2, 0) is 11.8 Å². The Balaban J connectivity index is 1.50. The standard InChI is InChI=1S/C25H33N5O/c1-4-22-23(24-27-12-6-15-30(24)28-22)25(2,3)20-10-8-19(9-11-20)7-5-14-29-16-13-26-21(17-29)18-31/h5-12,15,21,26,31H,4,13-14,16-18H2,1-3H3. The number of nitrogens with one attached hydrogen (secondary N) is 1. The Labute approximate surface area is 184 Å². The van der Waals surface area contributed by atoms with Crippen molar-refractivity contribution < 1.29 is 5.11 Å². The van der Waals surface area contributed by atoms with Crippen molar-refractivity contribution in [3.63, 3.8) is 0 Å². The molecule has 4 rings (SSSR count). The van der Waals surface area contributed by atoms with Gasteiger partial charge in [-0.1, -0.05) is 57.2 Å². The number of aromatic nitrogens is 3. The molecule has 31 heavy (non-hydrogen) atoms. The molecular formula is C25H33N5O. The monoisotopic (exact) mass is 419 g/mol. The number of piperazine rings is 1. The van der Waals surface area contributed by atoms with Crippen molar-refractivity contribution in [1.29, 1.82) is 0 Å². The molecule has 0 bridgehead atoms. The Morgan fingerprint density at radius 1 is 1.26 bits per heavy atom. The molecule has 1 saturated heterocycles. The van der Waals surface area contributed by atoms with Gasteiger partial charge in [0.25, 0.3) is 0 Å². The third kappa shape index (κ3) is 4.56. The minimum atomic E-state index is -0.191. The van der Waals surface area contributed by atoms with Crippen LogP contribution >= 0.6 is 0 Å². The molecular weight excluding hydrogens is 386 g/mol. The van der Waals surface area contributed by atoms with Gasteiger partial charge in [-0.05, 0) is 23.6 Å². The van der Waals surface area contributed by atoms with Crippen LogP contribution in [0.1, 0.15) is 43.2 Å². The third-order valence-electron chi connectivity index (χ3n) is 6.29. The second kappa shape index (κ2) is 9.30. The fourth-order valence-electron chi connectivity index (χ4n) is 4.50. The van der Waals surface area contributed by atoms with Gasteiger partial charge in [0.2, 0.25) is 0 Å². The fraction of sp³-hybridized carbons (Fsp3) is 0.440. The zero-order valence-corrected chi connectivity index (χ0v) is 18.8. The lowest BCUT2D eigenvalue weighted by molar-refractivity contribution is 0.158. The van der Waals surface area contributed by atoms with Crippen LogP contribution in [0.15, 0.2) is 48.8 Å². The smallest absolute Gasteiger partial charge is 0.159 e. The van der Waals surface area contributed by atoms with Gasteiger partial charge in [-0.2, -0.15) is 5.10 Å². The maximum absolute atomic E-state index is 9.35. The maximum Gasteiger partial charge on any atom is 0.159 e. The molecule has 1 aromatic carbocycles. The zero-order valence-electron chi connectivity index (χ0n) is 18.8. The summed E-state index contributed by atoms with van der Waals surface area (Å²) in [5.74, 6) is 0. The summed E-state index contributed by atoms with van der Waals surface area (Å²) in [6, 6.07) is 10.9. The Kier molecular flexibility index (Phi) is 6.51. The van der Waals surface area contributed by atoms with E-state index in [9.17, 15) is 5.11 Å². The fourth-order valence-corrected chi connectivity index (χ4v) is 4.50. The molecule has 0 amide bonds. The summed E-state index contributed by atoms with van der Waals surface area (Å²) < 4.78 is 1.89. The minimum Gasteiger partial charge on any atom is -0.395 e. The van der Waals surface area contributed by atoms with Crippen molar-refractivity contribution in [2.45, 2.75) is 38.6 Å². The summed E-state index contributed by atoms with van der Waals surface area (Å²) in [5.41, 5.74) is 5.51. The topological polar surface area (TPSA) is 65.7 Å². The van der Waals surface area contributed by atoms with Crippen molar-refractivity contribution in [2.75, 3.05) is 32.8 Å². The molecule has 6 heteroatoms. The lowest BCUT2D eigenvalue weighted by Crippen LogP contribution is -2.52. The summed E-state index contributed by atoms with van der Waals surface area (Å²) in [4.78, 5) is 6.99. The number of nitrogens with zero attached hydrogens (tertiary/aromatic N) is 4. The Hall–Kier alpha value is -2.54. The molecule has 0 radical (unpaired) electrons. The molecule has 0 saturated carbocycles. The lowest BCUT2D eigenvalue weighted by atomic mass is 9.77. The van der Waals surface area contributed by atoms with E-state index in [4.69, 9.17) is 5.10 Å². The first kappa shape index (κ1) is 21.7. The number of benzene rings is 1. The molecule has 2 aromatic heterocycles. The highest BCUT2D eigenvalue weighted by Crippen LogP contribution is 2.36. The van der Waals surface area contributed by atoms with Gasteiger partial charge in [-0.3, -0.25) is 4.90 Å². The van der Waals surface area contributed by atoms with Crippen molar-refractivity contribution in [3.05, 3.63) is 71.2 Å². The molecule has 1 aliphatic heterocycles. The van der Waals surface area contributed by atoms with E-state index in [1.165, 1.54) is 16.7 Å². The SMILES string of the molecule is CCc1nn2cccnc2c1C(C)(C)c1ccc(C=CCN2CCNC(CO)C2)cc1. The second-order valence-electron chi connectivity index (χ2n) is 8.81. The summed E-state index contributed by atoms with van der Waals surface area (Å²) in [6.45, 7) is 10.6. The van der Waals surface area contributed by atoms with E-state index < -0.39 is 0 Å². The van der Waals surface area contributed by atoms with Crippen molar-refractivity contribution >= 4 is 11.7 Å². The predicted octanol–water partition coefficient (Wildman–Crippen LogP) is 2.90. The van der Waals surface area contributed by atoms with Crippen molar-refractivity contribution in [2.24, 2.45) is 0 Å². The van der Waals surface area contributed by atoms with E-state index in [2.05, 4.69) is 72.4 Å². The van der Waals surface area contributed by atoms with Crippen LogP contribution in [0.2, 0.25) is 0 Å². The van der Waals surface area contributed by atoms with E-state index in [-0.39, 0.29) is 18.1 Å². The third-order valence-corrected chi connectivity index (χ3v) is 6.29. The second-order valence-corrected chi connectivity index (χ2v) is 8.81. The van der Waals surface area contributed by atoms with Crippen LogP contribution in [0, 0.1) is 0 Å². The first-order chi connectivity index (χ1) is 15.0. The number of aliphatic hydroxyl groups excluding tert-OH is 1. The summed E-state index contributed by atoms with van der Waals surface area (Å²) in [6.07, 6.45) is 9.08. The predicted molar refractivity (Wildman–Crippen MR) is 125 cm³/mol. The molecule has 1 atom stereocenters. The highest BCUT2D eigenvalue weighted by molar-refractivity contribution is 5.59. The molecule has 3 heterocycles. The first-order valence-electron chi connectivity index (χ1n) is 11.2. The van der Waals surface area contributed by atoms with Crippen LogP contribution in [0.25, 0.3) is 11.7 Å². The van der Waals surface area contributed by atoms with E-state index in [0.717, 1.165) is 43.9 Å². The highest BCUT2D eigenvalue weighted by Gasteiger charge is 2.30. The van der Waals surface area contributed by atoms with E-state index >= 15 is 0 Å². The summed E-state index contributed by atoms with van der Waals surface area (Å²) in [5, 5.41) is 17.4. The summed E-state index contributed by atoms with van der Waals surface area (Å²) in [7, 11) is 0. The van der Waals surface area contributed by atoms with Crippen LogP contribution in [0.4, 0.5) is 0 Å². The van der Waals surface area contributed by atoms with E-state index in [0.29, 0.717) is 0 Å². The lowest BCUT2D eigenvalue weighted by Gasteiger charge is -2.31. The Morgan fingerprint density at radius 3 is 2.81 bits per heavy atom. The molecule has 3 aromatic rings. The molecule has 1 aliphatic rings. The largest absolute Gasteiger partial charge is 0.395 e. The van der Waals surface area contributed by atoms with Crippen LogP contribution in [-0.4, -0.2) is 63.4 Å². The number of fused-ring (bicyclic) bond motifs is 1. The van der Waals surface area contributed by atoms with Gasteiger partial charge in [-0.25, -0.2) is 9.50 Å². The Morgan fingerprint density at radius 2 is 2.06 bits per heavy atom. The number of hydrogen-bond donors (Lipinski definition) is 2.